The number of carbonyl (C=O) groups is 1. The van der Waals surface area contributed by atoms with Gasteiger partial charge in [0.2, 0.25) is 0 Å². The summed E-state index contributed by atoms with van der Waals surface area (Å²) < 4.78 is 1.56. The molecule has 2 aromatic rings. The van der Waals surface area contributed by atoms with Gasteiger partial charge in [0.1, 0.15) is 5.82 Å². The Hall–Kier alpha value is -2.01. The smallest absolute Gasteiger partial charge is 0.274 e. The quantitative estimate of drug-likeness (QED) is 0.928. The molecular weight excluding hydrogens is 288 g/mol. The molecule has 1 saturated heterocycles. The summed E-state index contributed by atoms with van der Waals surface area (Å²) in [5.41, 5.74) is 7.16. The summed E-state index contributed by atoms with van der Waals surface area (Å²) in [5.74, 6) is 0.395. The third kappa shape index (κ3) is 2.88. The molecule has 0 aliphatic carbocycles. The minimum absolute atomic E-state index is 0.0471. The topological polar surface area (TPSA) is 64.2 Å². The monoisotopic (exact) mass is 304 g/mol. The predicted molar refractivity (Wildman–Crippen MR) is 82.7 cm³/mol. The van der Waals surface area contributed by atoms with Gasteiger partial charge in [-0.2, -0.15) is 5.10 Å². The molecule has 1 aliphatic heterocycles. The Morgan fingerprint density at radius 2 is 1.81 bits per heavy atom. The molecule has 2 N–H and O–H groups in total. The summed E-state index contributed by atoms with van der Waals surface area (Å²) in [7, 11) is 0. The van der Waals surface area contributed by atoms with E-state index in [0.717, 1.165) is 31.6 Å². The van der Waals surface area contributed by atoms with Gasteiger partial charge in [-0.25, -0.2) is 4.68 Å². The van der Waals surface area contributed by atoms with Crippen molar-refractivity contribution >= 4 is 23.3 Å². The first-order chi connectivity index (χ1) is 10.1. The molecule has 1 fully saturated rings. The zero-order chi connectivity index (χ0) is 14.8. The van der Waals surface area contributed by atoms with Crippen molar-refractivity contribution in [2.45, 2.75) is 19.3 Å². The second-order valence-corrected chi connectivity index (χ2v) is 5.63. The van der Waals surface area contributed by atoms with Gasteiger partial charge in [-0.05, 0) is 43.5 Å². The maximum Gasteiger partial charge on any atom is 0.274 e. The van der Waals surface area contributed by atoms with Crippen molar-refractivity contribution in [3.63, 3.8) is 0 Å². The SMILES string of the molecule is Nc1cc(C(=O)N2CCCCC2)nn1-c1ccc(Cl)cc1. The number of nitrogens with zero attached hydrogens (tertiary/aromatic N) is 3. The Morgan fingerprint density at radius 3 is 2.48 bits per heavy atom. The van der Waals surface area contributed by atoms with Crippen LogP contribution in [0.4, 0.5) is 5.82 Å². The predicted octanol–water partition coefficient (Wildman–Crippen LogP) is 2.73. The number of nitrogens with two attached hydrogens (primary N) is 1. The number of anilines is 1. The number of halogens is 1. The molecule has 0 saturated carbocycles. The fraction of sp³-hybridized carbons (Fsp3) is 0.333. The fourth-order valence-corrected chi connectivity index (χ4v) is 2.67. The summed E-state index contributed by atoms with van der Waals surface area (Å²) in [5, 5.41) is 4.99. The number of likely N-dealkylation sites (tertiary alicyclic amines) is 1. The maximum atomic E-state index is 12.4. The molecule has 2 heterocycles. The lowest BCUT2D eigenvalue weighted by Gasteiger charge is -2.25. The number of hydrogen-bond donors (Lipinski definition) is 1. The minimum Gasteiger partial charge on any atom is -0.384 e. The van der Waals surface area contributed by atoms with E-state index in [4.69, 9.17) is 17.3 Å². The van der Waals surface area contributed by atoms with Gasteiger partial charge in [-0.3, -0.25) is 4.79 Å². The van der Waals surface area contributed by atoms with Gasteiger partial charge < -0.3 is 10.6 Å². The van der Waals surface area contributed by atoms with Crippen molar-refractivity contribution in [3.05, 3.63) is 41.0 Å². The third-order valence-electron chi connectivity index (χ3n) is 3.67. The molecular formula is C15H17ClN4O. The van der Waals surface area contributed by atoms with Crippen LogP contribution in [0.1, 0.15) is 29.8 Å². The Bertz CT molecular complexity index is 644. The fourth-order valence-electron chi connectivity index (χ4n) is 2.55. The van der Waals surface area contributed by atoms with Crippen LogP contribution in [-0.2, 0) is 0 Å². The highest BCUT2D eigenvalue weighted by Crippen LogP contribution is 2.19. The van der Waals surface area contributed by atoms with Gasteiger partial charge in [0.05, 0.1) is 5.69 Å². The Morgan fingerprint density at radius 1 is 1.14 bits per heavy atom. The summed E-state index contributed by atoms with van der Waals surface area (Å²) in [6, 6.07) is 8.81. The highest BCUT2D eigenvalue weighted by Gasteiger charge is 2.21. The molecule has 1 amide bonds. The highest BCUT2D eigenvalue weighted by molar-refractivity contribution is 6.30. The second kappa shape index (κ2) is 5.77. The molecule has 0 unspecified atom stereocenters. The van der Waals surface area contributed by atoms with Crippen LogP contribution in [0, 0.1) is 0 Å². The highest BCUT2D eigenvalue weighted by atomic mass is 35.5. The van der Waals surface area contributed by atoms with Gasteiger partial charge in [-0.1, -0.05) is 11.6 Å². The van der Waals surface area contributed by atoms with Crippen LogP contribution in [0.15, 0.2) is 30.3 Å². The van der Waals surface area contributed by atoms with E-state index < -0.39 is 0 Å². The number of aromatic nitrogens is 2. The summed E-state index contributed by atoms with van der Waals surface area (Å²) in [6.45, 7) is 1.60. The molecule has 1 aliphatic rings. The lowest BCUT2D eigenvalue weighted by Crippen LogP contribution is -2.35. The molecule has 1 aromatic heterocycles. The average molecular weight is 305 g/mol. The van der Waals surface area contributed by atoms with Gasteiger partial charge in [-0.15, -0.1) is 0 Å². The number of rotatable bonds is 2. The number of nitrogen functional groups attached to an aromatic ring is 1. The molecule has 0 spiro atoms. The van der Waals surface area contributed by atoms with E-state index in [9.17, 15) is 4.79 Å². The van der Waals surface area contributed by atoms with Crippen LogP contribution in [-0.4, -0.2) is 33.7 Å². The zero-order valence-electron chi connectivity index (χ0n) is 11.6. The van der Waals surface area contributed by atoms with Crippen LogP contribution in [0.2, 0.25) is 5.02 Å². The Kier molecular flexibility index (Phi) is 3.84. The first-order valence-electron chi connectivity index (χ1n) is 7.06. The number of hydrogen-bond acceptors (Lipinski definition) is 3. The largest absolute Gasteiger partial charge is 0.384 e. The summed E-state index contributed by atoms with van der Waals surface area (Å²) in [4.78, 5) is 14.3. The zero-order valence-corrected chi connectivity index (χ0v) is 12.4. The number of piperidine rings is 1. The average Bonchev–Trinajstić information content (AvgIpc) is 2.90. The van der Waals surface area contributed by atoms with E-state index >= 15 is 0 Å². The Labute approximate surface area is 128 Å². The first-order valence-corrected chi connectivity index (χ1v) is 7.44. The second-order valence-electron chi connectivity index (χ2n) is 5.20. The summed E-state index contributed by atoms with van der Waals surface area (Å²) >= 11 is 5.87. The number of amides is 1. The van der Waals surface area contributed by atoms with Crippen LogP contribution in [0.3, 0.4) is 0 Å². The van der Waals surface area contributed by atoms with E-state index in [1.807, 2.05) is 17.0 Å². The molecule has 0 radical (unpaired) electrons. The normalized spacial score (nSPS) is 15.2. The number of carbonyl (C=O) groups excluding carboxylic acids is 1. The van der Waals surface area contributed by atoms with Crippen molar-refractivity contribution in [2.75, 3.05) is 18.8 Å². The lowest BCUT2D eigenvalue weighted by atomic mass is 10.1. The molecule has 110 valence electrons. The maximum absolute atomic E-state index is 12.4. The van der Waals surface area contributed by atoms with Crippen molar-refractivity contribution in [3.8, 4) is 5.69 Å². The van der Waals surface area contributed by atoms with Crippen molar-refractivity contribution in [1.29, 1.82) is 0 Å². The van der Waals surface area contributed by atoms with Crippen molar-refractivity contribution in [2.24, 2.45) is 0 Å². The van der Waals surface area contributed by atoms with E-state index in [-0.39, 0.29) is 5.91 Å². The van der Waals surface area contributed by atoms with Gasteiger partial charge in [0.15, 0.2) is 5.69 Å². The van der Waals surface area contributed by atoms with Crippen LogP contribution in [0.5, 0.6) is 0 Å². The molecule has 0 atom stereocenters. The standard InChI is InChI=1S/C15H17ClN4O/c16-11-4-6-12(7-5-11)20-14(17)10-13(18-20)15(21)19-8-2-1-3-9-19/h4-7,10H,1-3,8-9,17H2. The van der Waals surface area contributed by atoms with Crippen LogP contribution >= 0.6 is 11.6 Å². The molecule has 6 heteroatoms. The first kappa shape index (κ1) is 13.9. The van der Waals surface area contributed by atoms with Gasteiger partial charge in [0, 0.05) is 24.2 Å². The summed E-state index contributed by atoms with van der Waals surface area (Å²) in [6.07, 6.45) is 3.30. The molecule has 3 rings (SSSR count). The Balaban J connectivity index is 1.86. The van der Waals surface area contributed by atoms with E-state index in [1.54, 1.807) is 22.9 Å². The third-order valence-corrected chi connectivity index (χ3v) is 3.92. The van der Waals surface area contributed by atoms with Gasteiger partial charge >= 0.3 is 0 Å². The number of benzene rings is 1. The molecule has 21 heavy (non-hydrogen) atoms. The van der Waals surface area contributed by atoms with Crippen molar-refractivity contribution in [1.82, 2.24) is 14.7 Å². The minimum atomic E-state index is -0.0471. The van der Waals surface area contributed by atoms with Crippen LogP contribution < -0.4 is 5.73 Å². The van der Waals surface area contributed by atoms with E-state index in [0.29, 0.717) is 16.5 Å². The lowest BCUT2D eigenvalue weighted by molar-refractivity contribution is 0.0718. The van der Waals surface area contributed by atoms with E-state index in [2.05, 4.69) is 5.10 Å². The van der Waals surface area contributed by atoms with Crippen molar-refractivity contribution < 1.29 is 4.79 Å². The molecule has 5 nitrogen and oxygen atoms in total. The molecule has 1 aromatic carbocycles. The van der Waals surface area contributed by atoms with E-state index in [1.165, 1.54) is 6.42 Å². The molecule has 0 bridgehead atoms. The van der Waals surface area contributed by atoms with Gasteiger partial charge in [0.25, 0.3) is 5.91 Å². The van der Waals surface area contributed by atoms with Crippen LogP contribution in [0.25, 0.3) is 5.69 Å².